The molecule has 1 heterocycles. The van der Waals surface area contributed by atoms with Gasteiger partial charge in [0.1, 0.15) is 6.61 Å². The molecule has 12 heavy (non-hydrogen) atoms. The Labute approximate surface area is 72.2 Å². The summed E-state index contributed by atoms with van der Waals surface area (Å²) in [5.41, 5.74) is 0. The molecule has 0 spiro atoms. The number of carbonyl (C=O) groups is 1. The highest BCUT2D eigenvalue weighted by Gasteiger charge is 2.16. The molecule has 0 aromatic rings. The smallest absolute Gasteiger partial charge is 0.410 e. The van der Waals surface area contributed by atoms with Crippen molar-refractivity contribution in [1.82, 2.24) is 10.2 Å². The summed E-state index contributed by atoms with van der Waals surface area (Å²) in [6, 6.07) is 0. The van der Waals surface area contributed by atoms with Crippen LogP contribution in [0.3, 0.4) is 0 Å². The van der Waals surface area contributed by atoms with E-state index in [1.807, 2.05) is 0 Å². The maximum Gasteiger partial charge on any atom is 0.410 e. The topological polar surface area (TPSA) is 43.6 Å². The lowest BCUT2D eigenvalue weighted by Gasteiger charge is -2.25. The fourth-order valence-corrected chi connectivity index (χ4v) is 1.01. The second-order valence-electron chi connectivity index (χ2n) is 2.52. The SMILES string of the molecule is C=CCOC(=O)N1CC[N]CC1. The van der Waals surface area contributed by atoms with Crippen LogP contribution in [0.2, 0.25) is 0 Å². The predicted octanol–water partition coefficient (Wildman–Crippen LogP) is 0.229. The Morgan fingerprint density at radius 2 is 2.25 bits per heavy atom. The van der Waals surface area contributed by atoms with E-state index in [2.05, 4.69) is 11.9 Å². The summed E-state index contributed by atoms with van der Waals surface area (Å²) in [5.74, 6) is 0. The van der Waals surface area contributed by atoms with Crippen molar-refractivity contribution in [2.24, 2.45) is 0 Å². The summed E-state index contributed by atoms with van der Waals surface area (Å²) in [6.07, 6.45) is 1.30. The molecule has 1 aliphatic rings. The lowest BCUT2D eigenvalue weighted by Crippen LogP contribution is -2.44. The molecule has 1 radical (unpaired) electrons. The molecular formula is C8H13N2O2. The second kappa shape index (κ2) is 4.77. The lowest BCUT2D eigenvalue weighted by molar-refractivity contribution is 0.107. The summed E-state index contributed by atoms with van der Waals surface area (Å²) >= 11 is 0. The zero-order valence-corrected chi connectivity index (χ0v) is 7.03. The van der Waals surface area contributed by atoms with Crippen molar-refractivity contribution in [2.45, 2.75) is 0 Å². The van der Waals surface area contributed by atoms with Crippen molar-refractivity contribution in [3.63, 3.8) is 0 Å². The van der Waals surface area contributed by atoms with Crippen LogP contribution < -0.4 is 5.32 Å². The van der Waals surface area contributed by atoms with Gasteiger partial charge >= 0.3 is 6.09 Å². The van der Waals surface area contributed by atoms with Crippen LogP contribution in [0.5, 0.6) is 0 Å². The molecule has 4 nitrogen and oxygen atoms in total. The second-order valence-corrected chi connectivity index (χ2v) is 2.52. The van der Waals surface area contributed by atoms with E-state index in [0.717, 1.165) is 13.1 Å². The number of hydrogen-bond acceptors (Lipinski definition) is 2. The third-order valence-corrected chi connectivity index (χ3v) is 1.64. The van der Waals surface area contributed by atoms with Crippen molar-refractivity contribution in [1.29, 1.82) is 0 Å². The Kier molecular flexibility index (Phi) is 3.60. The minimum atomic E-state index is -0.259. The van der Waals surface area contributed by atoms with Crippen LogP contribution in [-0.2, 0) is 4.74 Å². The quantitative estimate of drug-likeness (QED) is 0.555. The summed E-state index contributed by atoms with van der Waals surface area (Å²) in [4.78, 5) is 12.8. The molecule has 4 heteroatoms. The molecule has 1 aliphatic heterocycles. The van der Waals surface area contributed by atoms with E-state index in [1.165, 1.54) is 0 Å². The first-order valence-electron chi connectivity index (χ1n) is 4.00. The molecule has 1 saturated heterocycles. The van der Waals surface area contributed by atoms with Crippen LogP contribution >= 0.6 is 0 Å². The maximum atomic E-state index is 11.2. The van der Waals surface area contributed by atoms with Crippen LogP contribution in [0, 0.1) is 0 Å². The molecule has 0 N–H and O–H groups in total. The number of carbonyl (C=O) groups excluding carboxylic acids is 1. The molecule has 0 aromatic carbocycles. The van der Waals surface area contributed by atoms with Gasteiger partial charge in [-0.15, -0.1) is 0 Å². The minimum absolute atomic E-state index is 0.259. The first kappa shape index (κ1) is 9.06. The van der Waals surface area contributed by atoms with Crippen molar-refractivity contribution in [3.05, 3.63) is 12.7 Å². The summed E-state index contributed by atoms with van der Waals surface area (Å²) in [7, 11) is 0. The number of piperazine rings is 1. The Hall–Kier alpha value is -1.03. The lowest BCUT2D eigenvalue weighted by atomic mass is 10.4. The Morgan fingerprint density at radius 3 is 2.83 bits per heavy atom. The summed E-state index contributed by atoms with van der Waals surface area (Å²) in [5, 5.41) is 4.12. The first-order chi connectivity index (χ1) is 5.84. The van der Waals surface area contributed by atoms with Crippen molar-refractivity contribution < 1.29 is 9.53 Å². The molecule has 0 saturated carbocycles. The van der Waals surface area contributed by atoms with Gasteiger partial charge in [-0.2, -0.15) is 0 Å². The van der Waals surface area contributed by atoms with Crippen LogP contribution in [0.4, 0.5) is 4.79 Å². The van der Waals surface area contributed by atoms with Crippen LogP contribution in [0.15, 0.2) is 12.7 Å². The zero-order chi connectivity index (χ0) is 8.81. The largest absolute Gasteiger partial charge is 0.445 e. The van der Waals surface area contributed by atoms with E-state index in [9.17, 15) is 4.79 Å². The van der Waals surface area contributed by atoms with Gasteiger partial charge < -0.3 is 9.64 Å². The van der Waals surface area contributed by atoms with Crippen LogP contribution in [0.25, 0.3) is 0 Å². The number of amides is 1. The van der Waals surface area contributed by atoms with Crippen molar-refractivity contribution in [2.75, 3.05) is 32.8 Å². The van der Waals surface area contributed by atoms with Gasteiger partial charge in [0.05, 0.1) is 0 Å². The number of nitrogens with zero attached hydrogens (tertiary/aromatic N) is 2. The van der Waals surface area contributed by atoms with E-state index in [1.54, 1.807) is 11.0 Å². The molecule has 0 bridgehead atoms. The van der Waals surface area contributed by atoms with E-state index in [4.69, 9.17) is 4.74 Å². The maximum absolute atomic E-state index is 11.2. The fraction of sp³-hybridized carbons (Fsp3) is 0.625. The molecular weight excluding hydrogens is 156 g/mol. The van der Waals surface area contributed by atoms with Gasteiger partial charge in [-0.1, -0.05) is 12.7 Å². The fourth-order valence-electron chi connectivity index (χ4n) is 1.01. The first-order valence-corrected chi connectivity index (χ1v) is 4.00. The third kappa shape index (κ3) is 2.54. The third-order valence-electron chi connectivity index (χ3n) is 1.64. The number of hydrogen-bond donors (Lipinski definition) is 0. The molecule has 0 atom stereocenters. The van der Waals surface area contributed by atoms with Gasteiger partial charge in [-0.3, -0.25) is 0 Å². The van der Waals surface area contributed by atoms with Gasteiger partial charge in [-0.05, 0) is 0 Å². The molecule has 1 rings (SSSR count). The summed E-state index contributed by atoms with van der Waals surface area (Å²) in [6.45, 7) is 6.55. The highest BCUT2D eigenvalue weighted by atomic mass is 16.6. The molecule has 67 valence electrons. The number of ether oxygens (including phenoxy) is 1. The monoisotopic (exact) mass is 169 g/mol. The van der Waals surface area contributed by atoms with Crippen molar-refractivity contribution in [3.8, 4) is 0 Å². The van der Waals surface area contributed by atoms with Crippen LogP contribution in [0.1, 0.15) is 0 Å². The predicted molar refractivity (Wildman–Crippen MR) is 45.0 cm³/mol. The highest BCUT2D eigenvalue weighted by molar-refractivity contribution is 5.67. The standard InChI is InChI=1S/C8H13N2O2/c1-2-7-12-8(11)10-5-3-9-4-6-10/h2H,1,3-7H2. The van der Waals surface area contributed by atoms with Gasteiger partial charge in [0.25, 0.3) is 0 Å². The van der Waals surface area contributed by atoms with Gasteiger partial charge in [-0.25, -0.2) is 10.1 Å². The minimum Gasteiger partial charge on any atom is -0.445 e. The normalized spacial score (nSPS) is 17.2. The Balaban J connectivity index is 2.24. The van der Waals surface area contributed by atoms with E-state index < -0.39 is 0 Å². The molecule has 0 unspecified atom stereocenters. The number of rotatable bonds is 2. The zero-order valence-electron chi connectivity index (χ0n) is 7.03. The molecule has 1 amide bonds. The summed E-state index contributed by atoms with van der Waals surface area (Å²) < 4.78 is 4.86. The van der Waals surface area contributed by atoms with E-state index >= 15 is 0 Å². The molecule has 0 aromatic heterocycles. The van der Waals surface area contributed by atoms with E-state index in [-0.39, 0.29) is 12.7 Å². The van der Waals surface area contributed by atoms with Gasteiger partial charge in [0.2, 0.25) is 0 Å². The van der Waals surface area contributed by atoms with Gasteiger partial charge in [0.15, 0.2) is 0 Å². The average Bonchev–Trinajstić information content (AvgIpc) is 2.15. The van der Waals surface area contributed by atoms with Gasteiger partial charge in [0, 0.05) is 26.2 Å². The molecule has 0 aliphatic carbocycles. The highest BCUT2D eigenvalue weighted by Crippen LogP contribution is 1.96. The average molecular weight is 169 g/mol. The molecule has 1 fully saturated rings. The Morgan fingerprint density at radius 1 is 1.58 bits per heavy atom. The van der Waals surface area contributed by atoms with E-state index in [0.29, 0.717) is 13.1 Å². The van der Waals surface area contributed by atoms with Crippen LogP contribution in [-0.4, -0.2) is 43.8 Å². The Bertz CT molecular complexity index is 164. The van der Waals surface area contributed by atoms with Crippen molar-refractivity contribution >= 4 is 6.09 Å².